The molecule has 2 unspecified atom stereocenters. The Bertz CT molecular complexity index is 1120. The predicted molar refractivity (Wildman–Crippen MR) is 140 cm³/mol. The fourth-order valence-corrected chi connectivity index (χ4v) is 6.51. The normalized spacial score (nSPS) is 14.0. The van der Waals surface area contributed by atoms with Gasteiger partial charge in [0.25, 0.3) is 0 Å². The van der Waals surface area contributed by atoms with E-state index in [1.54, 1.807) is 6.26 Å². The summed E-state index contributed by atoms with van der Waals surface area (Å²) in [5.74, 6) is 0.638. The summed E-state index contributed by atoms with van der Waals surface area (Å²) >= 11 is 0. The zero-order valence-electron chi connectivity index (χ0n) is 20.4. The van der Waals surface area contributed by atoms with E-state index in [4.69, 9.17) is 10.1 Å². The molecule has 4 rings (SSSR count). The topological polar surface area (TPSA) is 47.8 Å². The Balaban J connectivity index is 2.02. The molecule has 0 fully saturated rings. The molecule has 0 aliphatic rings. The van der Waals surface area contributed by atoms with Crippen molar-refractivity contribution in [3.05, 3.63) is 120 Å². The van der Waals surface area contributed by atoms with Crippen LogP contribution in [0.4, 0.5) is 0 Å². The molecule has 0 aliphatic heterocycles. The van der Waals surface area contributed by atoms with Crippen molar-refractivity contribution in [2.45, 2.75) is 44.4 Å². The first-order valence-electron chi connectivity index (χ1n) is 11.9. The van der Waals surface area contributed by atoms with Gasteiger partial charge in [-0.25, -0.2) is 9.67 Å². The van der Waals surface area contributed by atoms with E-state index in [1.165, 1.54) is 0 Å². The van der Waals surface area contributed by atoms with Gasteiger partial charge in [-0.3, -0.25) is 4.21 Å². The lowest BCUT2D eigenvalue weighted by molar-refractivity contribution is 0.277. The van der Waals surface area contributed by atoms with Crippen LogP contribution in [0.5, 0.6) is 0 Å². The predicted octanol–water partition coefficient (Wildman–Crippen LogP) is 6.36. The van der Waals surface area contributed by atoms with Crippen molar-refractivity contribution in [1.29, 1.82) is 0 Å². The van der Waals surface area contributed by atoms with Crippen LogP contribution in [0.15, 0.2) is 97.3 Å². The van der Waals surface area contributed by atoms with Crippen LogP contribution in [0, 0.1) is 5.41 Å². The minimum atomic E-state index is -1.11. The summed E-state index contributed by atoms with van der Waals surface area (Å²) in [6, 6.07) is 31.3. The second-order valence-electron chi connectivity index (χ2n) is 9.10. The Morgan fingerprint density at radius 2 is 1.21 bits per heavy atom. The highest BCUT2D eigenvalue weighted by Crippen LogP contribution is 2.44. The molecule has 4 aromatic rings. The minimum Gasteiger partial charge on any atom is -0.259 e. The first-order chi connectivity index (χ1) is 16.5. The molecule has 1 heterocycles. The Morgan fingerprint density at radius 3 is 1.56 bits per heavy atom. The molecule has 2 atom stereocenters. The van der Waals surface area contributed by atoms with Gasteiger partial charge in [0, 0.05) is 17.1 Å². The second kappa shape index (κ2) is 10.1. The quantitative estimate of drug-likeness (QED) is 0.267. The van der Waals surface area contributed by atoms with Gasteiger partial charge >= 0.3 is 0 Å². The molecule has 0 radical (unpaired) electrons. The Morgan fingerprint density at radius 1 is 0.794 bits per heavy atom. The Labute approximate surface area is 205 Å². The third kappa shape index (κ3) is 4.14. The van der Waals surface area contributed by atoms with Gasteiger partial charge in [-0.1, -0.05) is 112 Å². The minimum absolute atomic E-state index is 0.152. The molecule has 176 valence electrons. The van der Waals surface area contributed by atoms with Gasteiger partial charge in [-0.15, -0.1) is 0 Å². The molecule has 0 bridgehead atoms. The fraction of sp³-hybridized carbons (Fsp3) is 0.310. The van der Waals surface area contributed by atoms with Crippen molar-refractivity contribution in [2.24, 2.45) is 5.41 Å². The molecule has 4 nitrogen and oxygen atoms in total. The van der Waals surface area contributed by atoms with Crippen LogP contribution in [-0.2, 0) is 16.3 Å². The third-order valence-corrected chi connectivity index (χ3v) is 8.69. The van der Waals surface area contributed by atoms with Crippen LogP contribution in [0.25, 0.3) is 0 Å². The Kier molecular flexibility index (Phi) is 7.13. The maximum absolute atomic E-state index is 13.0. The smallest absolute Gasteiger partial charge is 0.166 e. The highest BCUT2D eigenvalue weighted by atomic mass is 32.2. The van der Waals surface area contributed by atoms with Crippen molar-refractivity contribution < 1.29 is 4.21 Å². The number of hydrogen-bond donors (Lipinski definition) is 0. The van der Waals surface area contributed by atoms with Crippen LogP contribution in [0.2, 0.25) is 0 Å². The van der Waals surface area contributed by atoms with Crippen LogP contribution in [-0.4, -0.2) is 25.2 Å². The van der Waals surface area contributed by atoms with E-state index in [0.29, 0.717) is 5.82 Å². The zero-order valence-corrected chi connectivity index (χ0v) is 21.2. The lowest BCUT2D eigenvalue weighted by atomic mass is 9.77. The van der Waals surface area contributed by atoms with Crippen LogP contribution in [0.3, 0.4) is 0 Å². The first kappa shape index (κ1) is 24.1. The van der Waals surface area contributed by atoms with Crippen molar-refractivity contribution >= 4 is 10.8 Å². The highest BCUT2D eigenvalue weighted by molar-refractivity contribution is 7.84. The molecule has 0 saturated heterocycles. The standard InChI is InChI=1S/C29H33N3OS/c1-5-28(3,6-2)26(34(4)33)27-30-22-32(31-27)29(23-16-10-7-11-17-23,24-18-12-8-13-19-24)25-20-14-9-15-21-25/h7-22,26H,5-6H2,1-4H3. The largest absolute Gasteiger partial charge is 0.259 e. The SMILES string of the molecule is CCC(C)(CC)C(c1ncn(C(c2ccccc2)(c2ccccc2)c2ccccc2)n1)S(C)=O. The molecule has 34 heavy (non-hydrogen) atoms. The molecule has 0 N–H and O–H groups in total. The molecule has 0 amide bonds. The maximum atomic E-state index is 13.0. The molecule has 3 aromatic carbocycles. The Hall–Kier alpha value is -3.05. The zero-order chi connectivity index (χ0) is 24.2. The summed E-state index contributed by atoms with van der Waals surface area (Å²) in [4.78, 5) is 4.80. The fourth-order valence-electron chi connectivity index (χ4n) is 4.97. The van der Waals surface area contributed by atoms with Gasteiger partial charge in [0.2, 0.25) is 0 Å². The lowest BCUT2D eigenvalue weighted by Crippen LogP contribution is -2.38. The average molecular weight is 472 g/mol. The number of aromatic nitrogens is 3. The van der Waals surface area contributed by atoms with Gasteiger partial charge in [0.05, 0.1) is 0 Å². The molecule has 0 saturated carbocycles. The molecular weight excluding hydrogens is 438 g/mol. The number of hydrogen-bond acceptors (Lipinski definition) is 3. The second-order valence-corrected chi connectivity index (χ2v) is 10.6. The van der Waals surface area contributed by atoms with Gasteiger partial charge in [0.1, 0.15) is 17.1 Å². The highest BCUT2D eigenvalue weighted by Gasteiger charge is 2.42. The summed E-state index contributed by atoms with van der Waals surface area (Å²) in [6.45, 7) is 6.50. The maximum Gasteiger partial charge on any atom is 0.166 e. The van der Waals surface area contributed by atoms with E-state index in [2.05, 4.69) is 93.6 Å². The van der Waals surface area contributed by atoms with E-state index in [-0.39, 0.29) is 10.7 Å². The van der Waals surface area contributed by atoms with E-state index < -0.39 is 16.3 Å². The van der Waals surface area contributed by atoms with Crippen LogP contribution >= 0.6 is 0 Å². The van der Waals surface area contributed by atoms with Crippen molar-refractivity contribution in [3.63, 3.8) is 0 Å². The van der Waals surface area contributed by atoms with Gasteiger partial charge in [-0.2, -0.15) is 5.10 Å². The van der Waals surface area contributed by atoms with Crippen molar-refractivity contribution in [2.75, 3.05) is 6.26 Å². The van der Waals surface area contributed by atoms with Crippen LogP contribution < -0.4 is 0 Å². The number of nitrogens with zero attached hydrogens (tertiary/aromatic N) is 3. The molecule has 0 aliphatic carbocycles. The lowest BCUT2D eigenvalue weighted by Gasteiger charge is -2.36. The summed E-state index contributed by atoms with van der Waals surface area (Å²) in [6.07, 6.45) is 5.40. The van der Waals surface area contributed by atoms with E-state index in [1.807, 2.05) is 29.2 Å². The van der Waals surface area contributed by atoms with Crippen molar-refractivity contribution in [3.8, 4) is 0 Å². The van der Waals surface area contributed by atoms with Crippen molar-refractivity contribution in [1.82, 2.24) is 14.8 Å². The monoisotopic (exact) mass is 471 g/mol. The summed E-state index contributed by atoms with van der Waals surface area (Å²) in [5, 5.41) is 4.86. The van der Waals surface area contributed by atoms with E-state index >= 15 is 0 Å². The number of rotatable bonds is 9. The summed E-state index contributed by atoms with van der Waals surface area (Å²) in [7, 11) is -1.11. The molecule has 1 aromatic heterocycles. The van der Waals surface area contributed by atoms with Gasteiger partial charge < -0.3 is 0 Å². The summed E-state index contributed by atoms with van der Waals surface area (Å²) in [5.41, 5.74) is 2.40. The molecule has 5 heteroatoms. The molecule has 0 spiro atoms. The first-order valence-corrected chi connectivity index (χ1v) is 13.5. The third-order valence-electron chi connectivity index (χ3n) is 7.24. The van der Waals surface area contributed by atoms with Gasteiger partial charge in [-0.05, 0) is 34.9 Å². The molecular formula is C29H33N3OS. The van der Waals surface area contributed by atoms with Crippen LogP contribution in [0.1, 0.15) is 61.4 Å². The van der Waals surface area contributed by atoms with E-state index in [0.717, 1.165) is 29.5 Å². The van der Waals surface area contributed by atoms with E-state index in [9.17, 15) is 4.21 Å². The van der Waals surface area contributed by atoms with Gasteiger partial charge in [0.15, 0.2) is 5.82 Å². The number of benzene rings is 3. The summed E-state index contributed by atoms with van der Waals surface area (Å²) < 4.78 is 15.0. The average Bonchev–Trinajstić information content (AvgIpc) is 3.35.